The lowest BCUT2D eigenvalue weighted by molar-refractivity contribution is 0.0316. The van der Waals surface area contributed by atoms with Gasteiger partial charge in [0.05, 0.1) is 5.60 Å². The normalized spacial score (nSPS) is 14.1. The molecular formula is C16H15BrF2O. The fourth-order valence-electron chi connectivity index (χ4n) is 2.20. The highest BCUT2D eigenvalue weighted by atomic mass is 79.9. The molecule has 1 N–H and O–H groups in total. The van der Waals surface area contributed by atoms with Crippen LogP contribution < -0.4 is 0 Å². The van der Waals surface area contributed by atoms with E-state index in [1.807, 2.05) is 0 Å². The van der Waals surface area contributed by atoms with Crippen LogP contribution in [0.1, 0.15) is 24.5 Å². The van der Waals surface area contributed by atoms with Crippen molar-refractivity contribution >= 4 is 15.9 Å². The lowest BCUT2D eigenvalue weighted by Crippen LogP contribution is -2.28. The zero-order chi connectivity index (χ0) is 14.8. The second kappa shape index (κ2) is 6.02. The van der Waals surface area contributed by atoms with Crippen LogP contribution in [0.15, 0.2) is 46.9 Å². The van der Waals surface area contributed by atoms with Gasteiger partial charge in [0.1, 0.15) is 11.6 Å². The van der Waals surface area contributed by atoms with Crippen molar-refractivity contribution < 1.29 is 13.9 Å². The Hall–Kier alpha value is -1.26. The molecule has 0 saturated carbocycles. The number of hydrogen-bond donors (Lipinski definition) is 1. The van der Waals surface area contributed by atoms with Gasteiger partial charge in [-0.1, -0.05) is 35.0 Å². The van der Waals surface area contributed by atoms with Gasteiger partial charge in [0.25, 0.3) is 0 Å². The summed E-state index contributed by atoms with van der Waals surface area (Å²) in [7, 11) is 0. The fraction of sp³-hybridized carbons (Fsp3) is 0.250. The third kappa shape index (κ3) is 3.25. The molecule has 0 saturated heterocycles. The number of halogens is 3. The monoisotopic (exact) mass is 340 g/mol. The molecule has 0 aliphatic carbocycles. The highest BCUT2D eigenvalue weighted by molar-refractivity contribution is 9.10. The SMILES string of the molecule is CCC(O)(Cc1cc(Br)ccc1F)c1cccc(F)c1. The first-order valence-corrected chi connectivity index (χ1v) is 7.16. The zero-order valence-electron chi connectivity index (χ0n) is 11.0. The molecule has 1 nitrogen and oxygen atoms in total. The Morgan fingerprint density at radius 3 is 2.55 bits per heavy atom. The molecule has 106 valence electrons. The van der Waals surface area contributed by atoms with Gasteiger partial charge in [-0.05, 0) is 47.9 Å². The number of rotatable bonds is 4. The average Bonchev–Trinajstić information content (AvgIpc) is 2.43. The molecule has 0 aliphatic heterocycles. The van der Waals surface area contributed by atoms with Gasteiger partial charge in [-0.25, -0.2) is 8.78 Å². The van der Waals surface area contributed by atoms with Crippen LogP contribution in [0.25, 0.3) is 0 Å². The third-order valence-corrected chi connectivity index (χ3v) is 3.93. The van der Waals surface area contributed by atoms with Gasteiger partial charge in [0.15, 0.2) is 0 Å². The molecule has 0 amide bonds. The van der Waals surface area contributed by atoms with Crippen LogP contribution in [-0.2, 0) is 12.0 Å². The topological polar surface area (TPSA) is 20.2 Å². The van der Waals surface area contributed by atoms with E-state index in [-0.39, 0.29) is 12.2 Å². The maximum atomic E-state index is 13.8. The molecule has 0 heterocycles. The molecule has 1 atom stereocenters. The standard InChI is InChI=1S/C16H15BrF2O/c1-2-16(20,12-4-3-5-14(18)9-12)10-11-8-13(17)6-7-15(11)19/h3-9,20H,2,10H2,1H3. The first-order chi connectivity index (χ1) is 9.44. The van der Waals surface area contributed by atoms with Crippen molar-refractivity contribution in [3.05, 3.63) is 69.7 Å². The van der Waals surface area contributed by atoms with Crippen LogP contribution in [0.3, 0.4) is 0 Å². The highest BCUT2D eigenvalue weighted by Crippen LogP contribution is 2.31. The molecule has 2 rings (SSSR count). The second-order valence-electron chi connectivity index (χ2n) is 4.81. The molecule has 0 radical (unpaired) electrons. The lowest BCUT2D eigenvalue weighted by atomic mass is 9.85. The summed E-state index contributed by atoms with van der Waals surface area (Å²) in [5, 5.41) is 10.7. The molecule has 4 heteroatoms. The van der Waals surface area contributed by atoms with E-state index in [9.17, 15) is 13.9 Å². The quantitative estimate of drug-likeness (QED) is 0.864. The van der Waals surface area contributed by atoms with Crippen molar-refractivity contribution in [3.63, 3.8) is 0 Å². The molecule has 0 aromatic heterocycles. The van der Waals surface area contributed by atoms with E-state index in [0.717, 1.165) is 4.47 Å². The van der Waals surface area contributed by atoms with E-state index in [0.29, 0.717) is 17.5 Å². The minimum Gasteiger partial charge on any atom is -0.385 e. The van der Waals surface area contributed by atoms with E-state index in [1.165, 1.54) is 18.2 Å². The highest BCUT2D eigenvalue weighted by Gasteiger charge is 2.29. The lowest BCUT2D eigenvalue weighted by Gasteiger charge is -2.28. The summed E-state index contributed by atoms with van der Waals surface area (Å²) in [6.07, 6.45) is 0.459. The van der Waals surface area contributed by atoms with E-state index in [4.69, 9.17) is 0 Å². The first kappa shape index (κ1) is 15.1. The van der Waals surface area contributed by atoms with E-state index in [1.54, 1.807) is 31.2 Å². The van der Waals surface area contributed by atoms with Gasteiger partial charge in [0.2, 0.25) is 0 Å². The van der Waals surface area contributed by atoms with Gasteiger partial charge in [-0.15, -0.1) is 0 Å². The van der Waals surface area contributed by atoms with Crippen LogP contribution in [0.5, 0.6) is 0 Å². The van der Waals surface area contributed by atoms with Crippen LogP contribution >= 0.6 is 15.9 Å². The van der Waals surface area contributed by atoms with Crippen molar-refractivity contribution in [3.8, 4) is 0 Å². The van der Waals surface area contributed by atoms with E-state index >= 15 is 0 Å². The van der Waals surface area contributed by atoms with E-state index < -0.39 is 11.4 Å². The number of benzene rings is 2. The predicted octanol–water partition coefficient (Wildman–Crippen LogP) is 4.57. The molecule has 0 aliphatic rings. The van der Waals surface area contributed by atoms with Crippen molar-refractivity contribution in [2.24, 2.45) is 0 Å². The summed E-state index contributed by atoms with van der Waals surface area (Å²) >= 11 is 3.29. The molecule has 0 spiro atoms. The second-order valence-corrected chi connectivity index (χ2v) is 5.72. The fourth-order valence-corrected chi connectivity index (χ4v) is 2.61. The van der Waals surface area contributed by atoms with E-state index in [2.05, 4.69) is 15.9 Å². The maximum absolute atomic E-state index is 13.8. The third-order valence-electron chi connectivity index (χ3n) is 3.44. The Morgan fingerprint density at radius 1 is 1.15 bits per heavy atom. The van der Waals surface area contributed by atoms with Crippen molar-refractivity contribution in [1.29, 1.82) is 0 Å². The summed E-state index contributed by atoms with van der Waals surface area (Å²) in [5.41, 5.74) is -0.434. The molecule has 2 aromatic rings. The smallest absolute Gasteiger partial charge is 0.126 e. The summed E-state index contributed by atoms with van der Waals surface area (Å²) in [6, 6.07) is 10.4. The Balaban J connectivity index is 2.39. The molecule has 0 fully saturated rings. The van der Waals surface area contributed by atoms with Gasteiger partial charge < -0.3 is 5.11 Å². The Kier molecular flexibility index (Phi) is 4.55. The maximum Gasteiger partial charge on any atom is 0.126 e. The summed E-state index contributed by atoms with van der Waals surface area (Å²) in [4.78, 5) is 0. The van der Waals surface area contributed by atoms with Gasteiger partial charge in [-0.2, -0.15) is 0 Å². The van der Waals surface area contributed by atoms with Crippen LogP contribution in [0.2, 0.25) is 0 Å². The summed E-state index contributed by atoms with van der Waals surface area (Å²) < 4.78 is 27.9. The van der Waals surface area contributed by atoms with Crippen LogP contribution in [-0.4, -0.2) is 5.11 Å². The minimum absolute atomic E-state index is 0.0955. The average molecular weight is 341 g/mol. The largest absolute Gasteiger partial charge is 0.385 e. The van der Waals surface area contributed by atoms with Crippen molar-refractivity contribution in [2.45, 2.75) is 25.4 Å². The summed E-state index contributed by atoms with van der Waals surface area (Å²) in [6.45, 7) is 1.79. The molecule has 20 heavy (non-hydrogen) atoms. The Labute approximate surface area is 125 Å². The van der Waals surface area contributed by atoms with Crippen LogP contribution in [0.4, 0.5) is 8.78 Å². The molecular weight excluding hydrogens is 326 g/mol. The first-order valence-electron chi connectivity index (χ1n) is 6.37. The number of hydrogen-bond acceptors (Lipinski definition) is 1. The molecule has 0 bridgehead atoms. The minimum atomic E-state index is -1.29. The van der Waals surface area contributed by atoms with Crippen molar-refractivity contribution in [2.75, 3.05) is 0 Å². The van der Waals surface area contributed by atoms with Crippen LogP contribution in [0, 0.1) is 11.6 Å². The summed E-state index contributed by atoms with van der Waals surface area (Å²) in [5.74, 6) is -0.791. The predicted molar refractivity (Wildman–Crippen MR) is 78.4 cm³/mol. The number of aliphatic hydroxyl groups is 1. The van der Waals surface area contributed by atoms with Gasteiger partial charge in [0, 0.05) is 10.9 Å². The van der Waals surface area contributed by atoms with Gasteiger partial charge >= 0.3 is 0 Å². The molecule has 2 aromatic carbocycles. The zero-order valence-corrected chi connectivity index (χ0v) is 12.6. The Morgan fingerprint density at radius 2 is 1.90 bits per heavy atom. The van der Waals surface area contributed by atoms with Crippen molar-refractivity contribution in [1.82, 2.24) is 0 Å². The van der Waals surface area contributed by atoms with Gasteiger partial charge in [-0.3, -0.25) is 0 Å². The Bertz CT molecular complexity index is 615. The molecule has 1 unspecified atom stereocenters.